The van der Waals surface area contributed by atoms with Gasteiger partial charge in [-0.2, -0.15) is 0 Å². The van der Waals surface area contributed by atoms with E-state index in [2.05, 4.69) is 55.4 Å². The normalized spacial score (nSPS) is 14.6. The van der Waals surface area contributed by atoms with Crippen LogP contribution >= 0.6 is 15.6 Å². The molecule has 0 heterocycles. The summed E-state index contributed by atoms with van der Waals surface area (Å²) in [7, 11) is -9.90. The van der Waals surface area contributed by atoms with Gasteiger partial charge in [0.15, 0.2) is 12.2 Å². The lowest BCUT2D eigenvalue weighted by molar-refractivity contribution is -0.161. The number of hydrogen-bond acceptors (Lipinski definition) is 15. The van der Waals surface area contributed by atoms with E-state index in [-0.39, 0.29) is 25.7 Å². The Morgan fingerprint density at radius 3 is 0.798 bits per heavy atom. The van der Waals surface area contributed by atoms with Gasteiger partial charge in [0, 0.05) is 25.7 Å². The highest BCUT2D eigenvalue weighted by Crippen LogP contribution is 2.45. The molecule has 0 aliphatic rings. The van der Waals surface area contributed by atoms with Crippen LogP contribution in [0, 0.1) is 23.7 Å². The molecule has 0 radical (unpaired) electrons. The Morgan fingerprint density at radius 2 is 0.539 bits per heavy atom. The minimum absolute atomic E-state index is 0.104. The summed E-state index contributed by atoms with van der Waals surface area (Å²) >= 11 is 0. The van der Waals surface area contributed by atoms with Crippen molar-refractivity contribution in [2.45, 2.75) is 363 Å². The molecule has 17 nitrogen and oxygen atoms in total. The van der Waals surface area contributed by atoms with Gasteiger partial charge in [-0.15, -0.1) is 0 Å². The van der Waals surface area contributed by atoms with Gasteiger partial charge in [-0.1, -0.05) is 293 Å². The van der Waals surface area contributed by atoms with E-state index >= 15 is 0 Å². The van der Waals surface area contributed by atoms with Crippen molar-refractivity contribution in [3.63, 3.8) is 0 Å². The summed E-state index contributed by atoms with van der Waals surface area (Å²) in [6.07, 6.45) is 41.7. The minimum atomic E-state index is -4.95. The fraction of sp³-hybridized carbons (Fsp3) is 0.943. The van der Waals surface area contributed by atoms with E-state index in [0.29, 0.717) is 31.6 Å². The predicted molar refractivity (Wildman–Crippen MR) is 358 cm³/mol. The number of hydrogen-bond donors (Lipinski definition) is 3. The van der Waals surface area contributed by atoms with Crippen molar-refractivity contribution in [3.05, 3.63) is 0 Å². The second-order valence-corrected chi connectivity index (χ2v) is 29.8. The maximum absolute atomic E-state index is 13.0. The number of phosphoric ester groups is 2. The largest absolute Gasteiger partial charge is 0.472 e. The molecule has 0 aliphatic carbocycles. The number of carbonyl (C=O) groups excluding carboxylic acids is 4. The average molecular weight is 1310 g/mol. The molecule has 89 heavy (non-hydrogen) atoms. The molecule has 0 amide bonds. The van der Waals surface area contributed by atoms with Gasteiger partial charge in [0.1, 0.15) is 19.3 Å². The molecule has 0 aromatic carbocycles. The van der Waals surface area contributed by atoms with E-state index in [0.717, 1.165) is 114 Å². The molecule has 6 atom stereocenters. The third-order valence-electron chi connectivity index (χ3n) is 16.4. The molecule has 0 saturated heterocycles. The second kappa shape index (κ2) is 59.8. The first-order chi connectivity index (χ1) is 42.6. The van der Waals surface area contributed by atoms with Gasteiger partial charge in [-0.25, -0.2) is 9.13 Å². The van der Waals surface area contributed by atoms with Crippen LogP contribution in [0.5, 0.6) is 0 Å². The van der Waals surface area contributed by atoms with Crippen LogP contribution in [-0.2, 0) is 65.4 Å². The van der Waals surface area contributed by atoms with Crippen molar-refractivity contribution in [3.8, 4) is 0 Å². The van der Waals surface area contributed by atoms with Crippen molar-refractivity contribution in [2.24, 2.45) is 23.7 Å². The Bertz CT molecular complexity index is 1770. The molecule has 4 unspecified atom stereocenters. The number of unbranched alkanes of at least 4 members (excludes halogenated alkanes) is 32. The van der Waals surface area contributed by atoms with Crippen molar-refractivity contribution in [1.29, 1.82) is 0 Å². The first kappa shape index (κ1) is 87.1. The summed E-state index contributed by atoms with van der Waals surface area (Å²) in [6.45, 7) is 14.1. The highest BCUT2D eigenvalue weighted by molar-refractivity contribution is 7.47. The third-order valence-corrected chi connectivity index (χ3v) is 18.3. The molecule has 0 aromatic rings. The molecular formula is C70H136O17P2. The zero-order chi connectivity index (χ0) is 66.1. The highest BCUT2D eigenvalue weighted by atomic mass is 31.2. The zero-order valence-corrected chi connectivity index (χ0v) is 59.8. The maximum Gasteiger partial charge on any atom is 0.472 e. The third kappa shape index (κ3) is 63.2. The first-order valence-electron chi connectivity index (χ1n) is 36.2. The number of ether oxygens (including phenoxy) is 4. The van der Waals surface area contributed by atoms with E-state index in [9.17, 15) is 43.2 Å². The summed E-state index contributed by atoms with van der Waals surface area (Å²) in [5.74, 6) is 0.867. The van der Waals surface area contributed by atoms with Crippen LogP contribution in [0.4, 0.5) is 0 Å². The quantitative estimate of drug-likeness (QED) is 0.0222. The topological polar surface area (TPSA) is 237 Å². The maximum atomic E-state index is 13.0. The zero-order valence-electron chi connectivity index (χ0n) is 58.1. The van der Waals surface area contributed by atoms with E-state index in [1.54, 1.807) is 0 Å². The van der Waals surface area contributed by atoms with Crippen molar-refractivity contribution >= 4 is 39.5 Å². The molecule has 0 rings (SSSR count). The first-order valence-corrected chi connectivity index (χ1v) is 39.2. The monoisotopic (exact) mass is 1310 g/mol. The lowest BCUT2D eigenvalue weighted by atomic mass is 9.99. The van der Waals surface area contributed by atoms with Crippen LogP contribution < -0.4 is 0 Å². The molecule has 0 aliphatic heterocycles. The van der Waals surface area contributed by atoms with Crippen molar-refractivity contribution in [1.82, 2.24) is 0 Å². The van der Waals surface area contributed by atoms with Gasteiger partial charge in [-0.05, 0) is 49.4 Å². The van der Waals surface area contributed by atoms with Crippen LogP contribution in [0.3, 0.4) is 0 Å². The van der Waals surface area contributed by atoms with E-state index < -0.39 is 97.5 Å². The minimum Gasteiger partial charge on any atom is -0.462 e. The predicted octanol–water partition coefficient (Wildman–Crippen LogP) is 19.7. The van der Waals surface area contributed by atoms with Crippen molar-refractivity contribution < 1.29 is 80.2 Å². The van der Waals surface area contributed by atoms with Crippen LogP contribution in [0.15, 0.2) is 0 Å². The van der Waals surface area contributed by atoms with Crippen molar-refractivity contribution in [2.75, 3.05) is 39.6 Å². The Balaban J connectivity index is 5.26. The number of aliphatic hydroxyl groups is 1. The molecule has 528 valence electrons. The second-order valence-electron chi connectivity index (χ2n) is 26.9. The lowest BCUT2D eigenvalue weighted by Gasteiger charge is -2.21. The summed E-state index contributed by atoms with van der Waals surface area (Å²) in [5, 5.41) is 10.6. The van der Waals surface area contributed by atoms with E-state index in [1.165, 1.54) is 141 Å². The summed E-state index contributed by atoms with van der Waals surface area (Å²) < 4.78 is 68.3. The molecule has 0 bridgehead atoms. The standard InChI is InChI=1S/C70H136O17P2/c1-9-63(8)49-41-33-25-19-20-28-37-45-53-70(75)87-65(56-80-67(72)50-42-34-26-17-12-10-11-15-22-30-38-46-60(2)3)58-84-88(76,77)82-54-64(71)55-83-89(78,79)85-59-66(57-81-68(73)51-43-35-29-21-24-32-40-48-62(6)7)86-69(74)52-44-36-27-18-14-13-16-23-31-39-47-61(4)5/h60-66,71H,9-59H2,1-8H3,(H,76,77)(H,78,79)/t63?,64?,65-,66-/m1/s1. The van der Waals surface area contributed by atoms with Gasteiger partial charge < -0.3 is 33.8 Å². The Hall–Kier alpha value is -1.94. The summed E-state index contributed by atoms with van der Waals surface area (Å²) in [4.78, 5) is 72.5. The van der Waals surface area contributed by atoms with Crippen LogP contribution in [0.2, 0.25) is 0 Å². The molecule has 19 heteroatoms. The summed E-state index contributed by atoms with van der Waals surface area (Å²) in [6, 6.07) is 0. The number of rotatable bonds is 67. The Morgan fingerprint density at radius 1 is 0.315 bits per heavy atom. The SMILES string of the molecule is CCC(C)CCCCCCCCCCC(=O)O[C@H](COC(=O)CCCCCCCCCCCCCC(C)C)COP(=O)(O)OCC(O)COP(=O)(O)OC[C@@H](COC(=O)CCCCCCCCCC(C)C)OC(=O)CCCCCCCCCCCCC(C)C. The molecule has 0 fully saturated rings. The highest BCUT2D eigenvalue weighted by Gasteiger charge is 2.30. The molecule has 0 spiro atoms. The molecule has 3 N–H and O–H groups in total. The van der Waals surface area contributed by atoms with E-state index in [4.69, 9.17) is 37.0 Å². The number of aliphatic hydroxyl groups excluding tert-OH is 1. The fourth-order valence-electron chi connectivity index (χ4n) is 10.5. The summed E-state index contributed by atoms with van der Waals surface area (Å²) in [5.41, 5.74) is 0. The smallest absolute Gasteiger partial charge is 0.462 e. The van der Waals surface area contributed by atoms with Crippen LogP contribution in [0.25, 0.3) is 0 Å². The van der Waals surface area contributed by atoms with Gasteiger partial charge >= 0.3 is 39.5 Å². The average Bonchev–Trinajstić information content (AvgIpc) is 3.55. The van der Waals surface area contributed by atoms with Crippen LogP contribution in [-0.4, -0.2) is 96.7 Å². The number of esters is 4. The lowest BCUT2D eigenvalue weighted by Crippen LogP contribution is -2.30. The Kier molecular flexibility index (Phi) is 58.5. The number of phosphoric acid groups is 2. The molecule has 0 saturated carbocycles. The van der Waals surface area contributed by atoms with Crippen LogP contribution in [0.1, 0.15) is 344 Å². The fourth-order valence-corrected chi connectivity index (χ4v) is 12.0. The van der Waals surface area contributed by atoms with E-state index in [1.807, 2.05) is 0 Å². The van der Waals surface area contributed by atoms with Gasteiger partial charge in [0.05, 0.1) is 26.4 Å². The van der Waals surface area contributed by atoms with Gasteiger partial charge in [0.25, 0.3) is 0 Å². The van der Waals surface area contributed by atoms with Gasteiger partial charge in [-0.3, -0.25) is 37.3 Å². The Labute approximate surface area is 543 Å². The van der Waals surface area contributed by atoms with Gasteiger partial charge in [0.2, 0.25) is 0 Å². The number of carbonyl (C=O) groups is 4. The molecule has 0 aromatic heterocycles. The molecular weight excluding hydrogens is 1170 g/mol.